The molecule has 1 aliphatic carbocycles. The number of nitrogens with one attached hydrogen (secondary N) is 1. The molecule has 1 heterocycles. The molecule has 5 heteroatoms. The van der Waals surface area contributed by atoms with Crippen molar-refractivity contribution in [2.24, 2.45) is 5.41 Å². The Balaban J connectivity index is 1.74. The number of rotatable bonds is 3. The monoisotopic (exact) mass is 297 g/mol. The number of hydrogen-bond acceptors (Lipinski definition) is 4. The van der Waals surface area contributed by atoms with Crippen LogP contribution < -0.4 is 5.32 Å². The summed E-state index contributed by atoms with van der Waals surface area (Å²) < 4.78 is 0. The van der Waals surface area contributed by atoms with Crippen molar-refractivity contribution in [2.45, 2.75) is 25.7 Å². The third kappa shape index (κ3) is 2.67. The Morgan fingerprint density at radius 2 is 2.00 bits per heavy atom. The lowest BCUT2D eigenvalue weighted by atomic mass is 9.87. The first-order valence-electron chi connectivity index (χ1n) is 6.96. The highest BCUT2D eigenvalue weighted by Gasteiger charge is 2.41. The Morgan fingerprint density at radius 1 is 1.29 bits per heavy atom. The van der Waals surface area contributed by atoms with Crippen molar-refractivity contribution in [1.29, 1.82) is 5.26 Å². The molecule has 1 amide bonds. The molecule has 21 heavy (non-hydrogen) atoms. The van der Waals surface area contributed by atoms with Crippen molar-refractivity contribution in [2.75, 3.05) is 5.32 Å². The molecule has 0 spiro atoms. The highest BCUT2D eigenvalue weighted by Crippen LogP contribution is 2.38. The lowest BCUT2D eigenvalue weighted by Gasteiger charge is -2.19. The van der Waals surface area contributed by atoms with Gasteiger partial charge in [-0.2, -0.15) is 5.26 Å². The maximum Gasteiger partial charge on any atom is 0.244 e. The van der Waals surface area contributed by atoms with Gasteiger partial charge in [0.15, 0.2) is 0 Å². The van der Waals surface area contributed by atoms with Crippen LogP contribution in [-0.4, -0.2) is 10.9 Å². The van der Waals surface area contributed by atoms with Gasteiger partial charge < -0.3 is 5.32 Å². The summed E-state index contributed by atoms with van der Waals surface area (Å²) in [5, 5.41) is 15.1. The van der Waals surface area contributed by atoms with Gasteiger partial charge in [-0.3, -0.25) is 4.79 Å². The van der Waals surface area contributed by atoms with Gasteiger partial charge in [-0.1, -0.05) is 12.8 Å². The number of carbonyl (C=O) groups excluding carboxylic acids is 1. The Hall–Kier alpha value is -2.19. The van der Waals surface area contributed by atoms with E-state index in [4.69, 9.17) is 0 Å². The van der Waals surface area contributed by atoms with Crippen LogP contribution >= 0.6 is 11.3 Å². The molecule has 3 rings (SSSR count). The molecule has 106 valence electrons. The number of carbonyl (C=O) groups is 1. The second-order valence-electron chi connectivity index (χ2n) is 5.27. The van der Waals surface area contributed by atoms with Crippen molar-refractivity contribution in [3.8, 4) is 16.6 Å². The molecular weight excluding hydrogens is 282 g/mol. The largest absolute Gasteiger partial charge is 0.325 e. The fraction of sp³-hybridized carbons (Fsp3) is 0.312. The van der Waals surface area contributed by atoms with E-state index in [-0.39, 0.29) is 5.91 Å². The summed E-state index contributed by atoms with van der Waals surface area (Å²) in [6.07, 6.45) is 4.99. The molecule has 1 aliphatic rings. The first kappa shape index (κ1) is 13.8. The van der Waals surface area contributed by atoms with Gasteiger partial charge in [0.1, 0.15) is 10.4 Å². The second-order valence-corrected chi connectivity index (χ2v) is 6.16. The summed E-state index contributed by atoms with van der Waals surface area (Å²) in [4.78, 5) is 16.6. The average Bonchev–Trinajstić information content (AvgIpc) is 3.20. The SMILES string of the molecule is N#CC1(C(=O)Nc2ccc(-c3nccs3)cc2)CCCC1. The van der Waals surface area contributed by atoms with Crippen molar-refractivity contribution in [3.05, 3.63) is 35.8 Å². The van der Waals surface area contributed by atoms with E-state index in [1.54, 1.807) is 17.5 Å². The Morgan fingerprint density at radius 3 is 2.57 bits per heavy atom. The predicted octanol–water partition coefficient (Wildman–Crippen LogP) is 3.83. The van der Waals surface area contributed by atoms with Crippen molar-refractivity contribution in [3.63, 3.8) is 0 Å². The zero-order valence-electron chi connectivity index (χ0n) is 11.5. The molecule has 1 saturated carbocycles. The molecule has 0 unspecified atom stereocenters. The molecule has 0 bridgehead atoms. The number of hydrogen-bond donors (Lipinski definition) is 1. The molecule has 0 saturated heterocycles. The van der Waals surface area contributed by atoms with Crippen LogP contribution in [0.25, 0.3) is 10.6 Å². The zero-order valence-corrected chi connectivity index (χ0v) is 12.3. The molecule has 0 aliphatic heterocycles. The number of anilines is 1. The van der Waals surface area contributed by atoms with E-state index in [2.05, 4.69) is 16.4 Å². The first-order valence-corrected chi connectivity index (χ1v) is 7.84. The third-order valence-corrected chi connectivity index (χ3v) is 4.75. The van der Waals surface area contributed by atoms with E-state index in [1.807, 2.05) is 29.6 Å². The summed E-state index contributed by atoms with van der Waals surface area (Å²) in [5.41, 5.74) is 0.911. The van der Waals surface area contributed by atoms with Gasteiger partial charge >= 0.3 is 0 Å². The Bertz CT molecular complexity index is 665. The fourth-order valence-corrected chi connectivity index (χ4v) is 3.33. The quantitative estimate of drug-likeness (QED) is 0.936. The molecule has 1 aromatic carbocycles. The number of benzene rings is 1. The number of aromatic nitrogens is 1. The van der Waals surface area contributed by atoms with Gasteiger partial charge in [-0.15, -0.1) is 11.3 Å². The van der Waals surface area contributed by atoms with Crippen LogP contribution in [0.5, 0.6) is 0 Å². The summed E-state index contributed by atoms with van der Waals surface area (Å²) in [5.74, 6) is -0.176. The molecule has 1 fully saturated rings. The van der Waals surface area contributed by atoms with E-state index < -0.39 is 5.41 Å². The van der Waals surface area contributed by atoms with Crippen molar-refractivity contribution < 1.29 is 4.79 Å². The molecule has 1 aromatic heterocycles. The summed E-state index contributed by atoms with van der Waals surface area (Å²) in [6, 6.07) is 9.79. The Kier molecular flexibility index (Phi) is 3.72. The topological polar surface area (TPSA) is 65.8 Å². The normalized spacial score (nSPS) is 16.3. The van der Waals surface area contributed by atoms with Gasteiger partial charge in [0.05, 0.1) is 6.07 Å². The van der Waals surface area contributed by atoms with Gasteiger partial charge in [-0.25, -0.2) is 4.98 Å². The van der Waals surface area contributed by atoms with Crippen molar-refractivity contribution in [1.82, 2.24) is 4.98 Å². The average molecular weight is 297 g/mol. The minimum Gasteiger partial charge on any atom is -0.325 e. The molecule has 0 atom stereocenters. The highest BCUT2D eigenvalue weighted by atomic mass is 32.1. The van der Waals surface area contributed by atoms with E-state index in [9.17, 15) is 10.1 Å². The minimum atomic E-state index is -0.839. The van der Waals surface area contributed by atoms with Crippen LogP contribution in [0.15, 0.2) is 35.8 Å². The lowest BCUT2D eigenvalue weighted by Crippen LogP contribution is -2.32. The van der Waals surface area contributed by atoms with E-state index in [1.165, 1.54) is 0 Å². The number of thiazole rings is 1. The maximum atomic E-state index is 12.3. The molecule has 1 N–H and O–H groups in total. The summed E-state index contributed by atoms with van der Waals surface area (Å²) >= 11 is 1.58. The van der Waals surface area contributed by atoms with Gasteiger partial charge in [0, 0.05) is 22.8 Å². The Labute approximate surface area is 127 Å². The number of amides is 1. The van der Waals surface area contributed by atoms with Crippen LogP contribution in [0, 0.1) is 16.7 Å². The number of nitrogens with zero attached hydrogens (tertiary/aromatic N) is 2. The standard InChI is InChI=1S/C16H15N3OS/c17-11-16(7-1-2-8-16)15(20)19-13-5-3-12(4-6-13)14-18-9-10-21-14/h3-6,9-10H,1-2,7-8H2,(H,19,20). The molecular formula is C16H15N3OS. The third-order valence-electron chi connectivity index (χ3n) is 3.93. The summed E-state index contributed by atoms with van der Waals surface area (Å²) in [7, 11) is 0. The first-order chi connectivity index (χ1) is 10.2. The maximum absolute atomic E-state index is 12.3. The fourth-order valence-electron chi connectivity index (χ4n) is 2.68. The lowest BCUT2D eigenvalue weighted by molar-refractivity contribution is -0.122. The van der Waals surface area contributed by atoms with Crippen LogP contribution in [0.2, 0.25) is 0 Å². The molecule has 2 aromatic rings. The van der Waals surface area contributed by atoms with Crippen LogP contribution in [0.3, 0.4) is 0 Å². The van der Waals surface area contributed by atoms with Crippen LogP contribution in [0.1, 0.15) is 25.7 Å². The van der Waals surface area contributed by atoms with Gasteiger partial charge in [0.2, 0.25) is 5.91 Å². The van der Waals surface area contributed by atoms with Gasteiger partial charge in [0.25, 0.3) is 0 Å². The van der Waals surface area contributed by atoms with Crippen molar-refractivity contribution >= 4 is 22.9 Å². The zero-order chi connectivity index (χ0) is 14.7. The second kappa shape index (κ2) is 5.66. The predicted molar refractivity (Wildman–Crippen MR) is 82.7 cm³/mol. The van der Waals surface area contributed by atoms with Crippen LogP contribution in [-0.2, 0) is 4.79 Å². The van der Waals surface area contributed by atoms with E-state index in [0.717, 1.165) is 29.1 Å². The van der Waals surface area contributed by atoms with Gasteiger partial charge in [-0.05, 0) is 37.1 Å². The minimum absolute atomic E-state index is 0.176. The number of nitriles is 1. The smallest absolute Gasteiger partial charge is 0.244 e. The molecule has 4 nitrogen and oxygen atoms in total. The summed E-state index contributed by atoms with van der Waals surface area (Å²) in [6.45, 7) is 0. The van der Waals surface area contributed by atoms with Crippen LogP contribution in [0.4, 0.5) is 5.69 Å². The highest BCUT2D eigenvalue weighted by molar-refractivity contribution is 7.13. The van der Waals surface area contributed by atoms with E-state index >= 15 is 0 Å². The molecule has 0 radical (unpaired) electrons. The van der Waals surface area contributed by atoms with E-state index in [0.29, 0.717) is 12.8 Å².